The zero-order valence-corrected chi connectivity index (χ0v) is 12.5. The highest BCUT2D eigenvalue weighted by atomic mass is 32.1. The summed E-state index contributed by atoms with van der Waals surface area (Å²) < 4.78 is 12.9. The van der Waals surface area contributed by atoms with E-state index < -0.39 is 0 Å². The van der Waals surface area contributed by atoms with E-state index in [1.807, 2.05) is 11.8 Å². The molecule has 1 N–H and O–H groups in total. The number of amides is 1. The number of thiazole rings is 1. The Morgan fingerprint density at radius 1 is 1.29 bits per heavy atom. The van der Waals surface area contributed by atoms with Crippen LogP contribution >= 0.6 is 11.3 Å². The van der Waals surface area contributed by atoms with Gasteiger partial charge in [0.2, 0.25) is 0 Å². The Morgan fingerprint density at radius 2 is 1.95 bits per heavy atom. The van der Waals surface area contributed by atoms with E-state index in [1.165, 1.54) is 23.5 Å². The molecule has 2 heterocycles. The Kier molecular flexibility index (Phi) is 3.88. The average Bonchev–Trinajstić information content (AvgIpc) is 3.10. The van der Waals surface area contributed by atoms with Crippen LogP contribution in [0.3, 0.4) is 0 Å². The molecule has 21 heavy (non-hydrogen) atoms. The zero-order chi connectivity index (χ0) is 14.8. The fraction of sp³-hybridized carbons (Fsp3) is 0.333. The molecule has 4 nitrogen and oxygen atoms in total. The number of benzene rings is 1. The van der Waals surface area contributed by atoms with Crippen molar-refractivity contribution in [1.29, 1.82) is 0 Å². The van der Waals surface area contributed by atoms with Crippen molar-refractivity contribution >= 4 is 28.1 Å². The normalized spacial score (nSPS) is 14.5. The third kappa shape index (κ3) is 3.05. The maximum atomic E-state index is 12.9. The quantitative estimate of drug-likeness (QED) is 0.943. The highest BCUT2D eigenvalue weighted by molar-refractivity contribution is 7.17. The van der Waals surface area contributed by atoms with Crippen LogP contribution in [0.2, 0.25) is 0 Å². The summed E-state index contributed by atoms with van der Waals surface area (Å²) in [6.07, 6.45) is 2.15. The molecule has 1 aromatic carbocycles. The second-order valence-electron chi connectivity index (χ2n) is 5.06. The molecule has 1 aromatic heterocycles. The second-order valence-corrected chi connectivity index (χ2v) is 6.06. The van der Waals surface area contributed by atoms with E-state index in [0.717, 1.165) is 37.3 Å². The van der Waals surface area contributed by atoms with Gasteiger partial charge in [0.05, 0.1) is 5.69 Å². The lowest BCUT2D eigenvalue weighted by molar-refractivity contribution is 0.0796. The summed E-state index contributed by atoms with van der Waals surface area (Å²) in [6.45, 7) is 3.50. The Balaban J connectivity index is 1.77. The van der Waals surface area contributed by atoms with Gasteiger partial charge in [0, 0.05) is 18.8 Å². The number of carbonyl (C=O) groups excluding carboxylic acids is 1. The first kappa shape index (κ1) is 14.0. The predicted molar refractivity (Wildman–Crippen MR) is 81.7 cm³/mol. The van der Waals surface area contributed by atoms with Gasteiger partial charge in [-0.1, -0.05) is 11.3 Å². The number of nitrogens with zero attached hydrogens (tertiary/aromatic N) is 2. The highest BCUT2D eigenvalue weighted by Gasteiger charge is 2.23. The van der Waals surface area contributed by atoms with Crippen molar-refractivity contribution in [3.05, 3.63) is 40.7 Å². The molecule has 1 saturated heterocycles. The lowest BCUT2D eigenvalue weighted by Crippen LogP contribution is -2.27. The molecule has 110 valence electrons. The first-order chi connectivity index (χ1) is 10.1. The third-order valence-electron chi connectivity index (χ3n) is 3.48. The van der Waals surface area contributed by atoms with Gasteiger partial charge in [0.25, 0.3) is 5.91 Å². The first-order valence-electron chi connectivity index (χ1n) is 6.93. The molecule has 3 rings (SSSR count). The minimum absolute atomic E-state index is 0.0645. The van der Waals surface area contributed by atoms with Crippen LogP contribution in [0, 0.1) is 12.7 Å². The molecule has 1 fully saturated rings. The van der Waals surface area contributed by atoms with Crippen molar-refractivity contribution in [2.75, 3.05) is 18.4 Å². The van der Waals surface area contributed by atoms with Crippen LogP contribution in [-0.4, -0.2) is 28.9 Å². The Hall–Kier alpha value is -1.95. The van der Waals surface area contributed by atoms with Crippen LogP contribution in [-0.2, 0) is 0 Å². The minimum Gasteiger partial charge on any atom is -0.338 e. The topological polar surface area (TPSA) is 45.2 Å². The van der Waals surface area contributed by atoms with Crippen molar-refractivity contribution < 1.29 is 9.18 Å². The monoisotopic (exact) mass is 305 g/mol. The molecule has 0 unspecified atom stereocenters. The number of aryl methyl sites for hydroxylation is 1. The molecule has 0 spiro atoms. The molecule has 0 atom stereocenters. The number of carbonyl (C=O) groups is 1. The third-order valence-corrected chi connectivity index (χ3v) is 4.54. The number of anilines is 2. The Labute approximate surface area is 126 Å². The van der Waals surface area contributed by atoms with Gasteiger partial charge in [-0.2, -0.15) is 0 Å². The summed E-state index contributed by atoms with van der Waals surface area (Å²) >= 11 is 1.35. The van der Waals surface area contributed by atoms with Gasteiger partial charge in [-0.15, -0.1) is 0 Å². The molecule has 6 heteroatoms. The summed E-state index contributed by atoms with van der Waals surface area (Å²) in [4.78, 5) is 19.3. The summed E-state index contributed by atoms with van der Waals surface area (Å²) in [6, 6.07) is 6.07. The van der Waals surface area contributed by atoms with E-state index in [-0.39, 0.29) is 11.7 Å². The maximum Gasteiger partial charge on any atom is 0.265 e. The number of nitrogens with one attached hydrogen (secondary N) is 1. The SMILES string of the molecule is Cc1nc(Nc2ccc(F)cc2)sc1C(=O)N1CCCC1. The van der Waals surface area contributed by atoms with E-state index >= 15 is 0 Å². The largest absolute Gasteiger partial charge is 0.338 e. The second kappa shape index (κ2) is 5.81. The van der Waals surface area contributed by atoms with Crippen LogP contribution in [0.5, 0.6) is 0 Å². The van der Waals surface area contributed by atoms with Crippen LogP contribution in [0.1, 0.15) is 28.2 Å². The lowest BCUT2D eigenvalue weighted by atomic mass is 10.3. The number of hydrogen-bond acceptors (Lipinski definition) is 4. The van der Waals surface area contributed by atoms with Crippen molar-refractivity contribution in [3.63, 3.8) is 0 Å². The lowest BCUT2D eigenvalue weighted by Gasteiger charge is -2.13. The molecule has 1 aliphatic heterocycles. The molecular weight excluding hydrogens is 289 g/mol. The summed E-state index contributed by atoms with van der Waals surface area (Å²) in [5.41, 5.74) is 1.49. The maximum absolute atomic E-state index is 12.9. The predicted octanol–water partition coefficient (Wildman–Crippen LogP) is 3.57. The summed E-state index contributed by atoms with van der Waals surface area (Å²) in [5.74, 6) is -0.213. The van der Waals surface area contributed by atoms with Crippen LogP contribution in [0.15, 0.2) is 24.3 Å². The van der Waals surface area contributed by atoms with Crippen LogP contribution < -0.4 is 5.32 Å². The van der Waals surface area contributed by atoms with Gasteiger partial charge >= 0.3 is 0 Å². The van der Waals surface area contributed by atoms with Crippen molar-refractivity contribution in [3.8, 4) is 0 Å². The van der Waals surface area contributed by atoms with Crippen LogP contribution in [0.4, 0.5) is 15.2 Å². The minimum atomic E-state index is -0.277. The fourth-order valence-corrected chi connectivity index (χ4v) is 3.32. The van der Waals surface area contributed by atoms with Gasteiger partial charge in [-0.3, -0.25) is 4.79 Å². The molecular formula is C15H16FN3OS. The van der Waals surface area contributed by atoms with Crippen molar-refractivity contribution in [2.24, 2.45) is 0 Å². The number of likely N-dealkylation sites (tertiary alicyclic amines) is 1. The zero-order valence-electron chi connectivity index (χ0n) is 11.7. The molecule has 1 amide bonds. The first-order valence-corrected chi connectivity index (χ1v) is 7.74. The Morgan fingerprint density at radius 3 is 2.62 bits per heavy atom. The Bertz CT molecular complexity index is 647. The van der Waals surface area contributed by atoms with E-state index in [4.69, 9.17) is 0 Å². The smallest absolute Gasteiger partial charge is 0.265 e. The van der Waals surface area contributed by atoms with Gasteiger partial charge < -0.3 is 10.2 Å². The molecule has 0 saturated carbocycles. The van der Waals surface area contributed by atoms with Gasteiger partial charge in [0.15, 0.2) is 5.13 Å². The average molecular weight is 305 g/mol. The summed E-state index contributed by atoms with van der Waals surface area (Å²) in [7, 11) is 0. The number of rotatable bonds is 3. The molecule has 1 aliphatic rings. The summed E-state index contributed by atoms with van der Waals surface area (Å²) in [5, 5.41) is 3.76. The standard InChI is InChI=1S/C15H16FN3OS/c1-10-13(14(20)19-8-2-3-9-19)21-15(17-10)18-12-6-4-11(16)5-7-12/h4-7H,2-3,8-9H2,1H3,(H,17,18). The molecule has 0 bridgehead atoms. The van der Waals surface area contributed by atoms with E-state index in [9.17, 15) is 9.18 Å². The number of halogens is 1. The van der Waals surface area contributed by atoms with Gasteiger partial charge in [-0.25, -0.2) is 9.37 Å². The molecule has 2 aromatic rings. The fourth-order valence-electron chi connectivity index (χ4n) is 2.37. The van der Waals surface area contributed by atoms with Crippen LogP contribution in [0.25, 0.3) is 0 Å². The van der Waals surface area contributed by atoms with Gasteiger partial charge in [-0.05, 0) is 44.0 Å². The molecule has 0 aliphatic carbocycles. The van der Waals surface area contributed by atoms with Crippen molar-refractivity contribution in [1.82, 2.24) is 9.88 Å². The van der Waals surface area contributed by atoms with Gasteiger partial charge in [0.1, 0.15) is 10.7 Å². The van der Waals surface area contributed by atoms with E-state index in [1.54, 1.807) is 12.1 Å². The number of aromatic nitrogens is 1. The van der Waals surface area contributed by atoms with Crippen molar-refractivity contribution in [2.45, 2.75) is 19.8 Å². The van der Waals surface area contributed by atoms with E-state index in [0.29, 0.717) is 10.0 Å². The highest BCUT2D eigenvalue weighted by Crippen LogP contribution is 2.27. The number of hydrogen-bond donors (Lipinski definition) is 1. The molecule has 0 radical (unpaired) electrons. The van der Waals surface area contributed by atoms with E-state index in [2.05, 4.69) is 10.3 Å².